The molecule has 1 unspecified atom stereocenters. The highest BCUT2D eigenvalue weighted by Gasteiger charge is 2.47. The lowest BCUT2D eigenvalue weighted by molar-refractivity contribution is 0.714. The van der Waals surface area contributed by atoms with Crippen molar-refractivity contribution in [2.45, 2.75) is 17.8 Å². The van der Waals surface area contributed by atoms with E-state index in [0.29, 0.717) is 0 Å². The van der Waals surface area contributed by atoms with Crippen molar-refractivity contribution in [1.82, 2.24) is 0 Å². The molecule has 0 bridgehead atoms. The van der Waals surface area contributed by atoms with Gasteiger partial charge < -0.3 is 4.90 Å². The Morgan fingerprint density at radius 1 is 0.318 bits per heavy atom. The molecule has 0 saturated carbocycles. The van der Waals surface area contributed by atoms with Crippen molar-refractivity contribution in [3.8, 4) is 33.4 Å². The Balaban J connectivity index is 1.07. The molecule has 0 aliphatic heterocycles. The third-order valence-electron chi connectivity index (χ3n) is 14.8. The lowest BCUT2D eigenvalue weighted by Gasteiger charge is -2.34. The zero-order chi connectivity index (χ0) is 43.8. The van der Waals surface area contributed by atoms with Gasteiger partial charge in [0.2, 0.25) is 0 Å². The zero-order valence-electron chi connectivity index (χ0n) is 36.7. The van der Waals surface area contributed by atoms with Gasteiger partial charge in [-0.15, -0.1) is 0 Å². The van der Waals surface area contributed by atoms with Gasteiger partial charge in [0.25, 0.3) is 0 Å². The van der Waals surface area contributed by atoms with Gasteiger partial charge in [0.1, 0.15) is 0 Å². The highest BCUT2D eigenvalue weighted by molar-refractivity contribution is 6.14. The van der Waals surface area contributed by atoms with Crippen LogP contribution in [0.25, 0.3) is 54.9 Å². The van der Waals surface area contributed by atoms with Crippen LogP contribution in [-0.4, -0.2) is 0 Å². The average molecular weight is 840 g/mol. The second-order valence-electron chi connectivity index (χ2n) is 18.1. The number of hydrogen-bond donors (Lipinski definition) is 0. The number of fused-ring (bicyclic) bond motifs is 9. The van der Waals surface area contributed by atoms with Crippen molar-refractivity contribution in [3.05, 3.63) is 294 Å². The number of benzene rings is 11. The van der Waals surface area contributed by atoms with E-state index in [1.165, 1.54) is 93.9 Å². The summed E-state index contributed by atoms with van der Waals surface area (Å²) in [5, 5.41) is 5.06. The lowest BCUT2D eigenvalue weighted by Crippen LogP contribution is -2.28. The van der Waals surface area contributed by atoms with E-state index in [9.17, 15) is 0 Å². The van der Waals surface area contributed by atoms with Gasteiger partial charge in [-0.2, -0.15) is 0 Å². The largest absolute Gasteiger partial charge is 0.310 e. The first-order chi connectivity index (χ1) is 32.6. The fourth-order valence-corrected chi connectivity index (χ4v) is 11.9. The van der Waals surface area contributed by atoms with Crippen LogP contribution >= 0.6 is 0 Å². The summed E-state index contributed by atoms with van der Waals surface area (Å²) < 4.78 is 0. The van der Waals surface area contributed by atoms with Crippen LogP contribution < -0.4 is 4.90 Å². The Bertz CT molecular complexity index is 3610. The first-order valence-electron chi connectivity index (χ1n) is 23.1. The van der Waals surface area contributed by atoms with E-state index in [0.717, 1.165) is 17.1 Å². The standard InChI is InChI=1S/C65H45N/c1-64(46-21-5-2-6-22-46)58-32-17-15-30-54(58)55-41-40-50(43-61(55)64)66(49-38-36-44(37-39-49)57-42-45-20-11-12-27-51(45)52-28-13-14-29-53(52)57)62-35-19-34-60-63(62)56-31-16-18-33-59(56)65(60,47-23-7-3-8-24-47)48-25-9-4-10-26-48/h2-43H,1H3. The molecule has 1 heteroatoms. The van der Waals surface area contributed by atoms with E-state index in [1.807, 2.05) is 0 Å². The zero-order valence-corrected chi connectivity index (χ0v) is 36.7. The summed E-state index contributed by atoms with van der Waals surface area (Å²) in [6.07, 6.45) is 0. The lowest BCUT2D eigenvalue weighted by atomic mass is 9.68. The van der Waals surface area contributed by atoms with Crippen LogP contribution in [-0.2, 0) is 10.8 Å². The van der Waals surface area contributed by atoms with Crippen LogP contribution in [0.4, 0.5) is 17.1 Å². The van der Waals surface area contributed by atoms with Gasteiger partial charge in [-0.3, -0.25) is 0 Å². The fourth-order valence-electron chi connectivity index (χ4n) is 11.9. The number of rotatable bonds is 7. The van der Waals surface area contributed by atoms with Gasteiger partial charge in [-0.25, -0.2) is 0 Å². The molecule has 310 valence electrons. The minimum absolute atomic E-state index is 0.350. The molecule has 0 aromatic heterocycles. The average Bonchev–Trinajstić information content (AvgIpc) is 3.85. The van der Waals surface area contributed by atoms with Crippen LogP contribution in [0.2, 0.25) is 0 Å². The Hall–Kier alpha value is -8.26. The minimum Gasteiger partial charge on any atom is -0.310 e. The summed E-state index contributed by atoms with van der Waals surface area (Å²) >= 11 is 0. The van der Waals surface area contributed by atoms with E-state index < -0.39 is 5.41 Å². The van der Waals surface area contributed by atoms with Gasteiger partial charge in [-0.1, -0.05) is 218 Å². The minimum atomic E-state index is -0.525. The Labute approximate surface area is 386 Å². The van der Waals surface area contributed by atoms with Crippen LogP contribution in [0.1, 0.15) is 45.9 Å². The molecule has 0 spiro atoms. The first-order valence-corrected chi connectivity index (χ1v) is 23.1. The summed E-state index contributed by atoms with van der Waals surface area (Å²) in [6.45, 7) is 2.41. The normalized spacial score (nSPS) is 15.2. The predicted molar refractivity (Wildman–Crippen MR) is 276 cm³/mol. The Morgan fingerprint density at radius 3 is 1.56 bits per heavy atom. The molecule has 2 aliphatic rings. The van der Waals surface area contributed by atoms with Crippen molar-refractivity contribution < 1.29 is 0 Å². The molecular formula is C65H45N. The number of hydrogen-bond acceptors (Lipinski definition) is 1. The van der Waals surface area contributed by atoms with Gasteiger partial charge in [0, 0.05) is 22.4 Å². The molecule has 1 nitrogen and oxygen atoms in total. The molecule has 66 heavy (non-hydrogen) atoms. The van der Waals surface area contributed by atoms with Crippen LogP contribution in [0, 0.1) is 0 Å². The second kappa shape index (κ2) is 14.9. The van der Waals surface area contributed by atoms with E-state index in [2.05, 4.69) is 267 Å². The molecule has 0 N–H and O–H groups in total. The highest BCUT2D eigenvalue weighted by atomic mass is 15.1. The monoisotopic (exact) mass is 839 g/mol. The summed E-state index contributed by atoms with van der Waals surface area (Å²) in [6, 6.07) is 94.8. The maximum atomic E-state index is 2.53. The van der Waals surface area contributed by atoms with Crippen LogP contribution in [0.15, 0.2) is 255 Å². The molecule has 0 saturated heterocycles. The maximum Gasteiger partial charge on any atom is 0.0714 e. The topological polar surface area (TPSA) is 3.24 Å². The van der Waals surface area contributed by atoms with Crippen molar-refractivity contribution in [1.29, 1.82) is 0 Å². The quantitative estimate of drug-likeness (QED) is 0.145. The number of anilines is 3. The van der Waals surface area contributed by atoms with E-state index in [-0.39, 0.29) is 5.41 Å². The summed E-state index contributed by atoms with van der Waals surface area (Å²) in [7, 11) is 0. The number of nitrogens with zero attached hydrogens (tertiary/aromatic N) is 1. The predicted octanol–water partition coefficient (Wildman–Crippen LogP) is 16.8. The fraction of sp³-hybridized carbons (Fsp3) is 0.0462. The summed E-state index contributed by atoms with van der Waals surface area (Å²) in [4.78, 5) is 2.53. The molecule has 11 aromatic carbocycles. The third kappa shape index (κ3) is 5.47. The molecule has 11 aromatic rings. The molecule has 0 radical (unpaired) electrons. The molecule has 0 fully saturated rings. The van der Waals surface area contributed by atoms with Gasteiger partial charge in [-0.05, 0) is 132 Å². The van der Waals surface area contributed by atoms with Crippen molar-refractivity contribution in [2.75, 3.05) is 4.90 Å². The van der Waals surface area contributed by atoms with Gasteiger partial charge in [0.15, 0.2) is 0 Å². The maximum absolute atomic E-state index is 2.53. The van der Waals surface area contributed by atoms with Gasteiger partial charge in [0.05, 0.1) is 11.1 Å². The molecule has 13 rings (SSSR count). The molecule has 2 aliphatic carbocycles. The Kier molecular flexibility index (Phi) is 8.63. The van der Waals surface area contributed by atoms with Crippen molar-refractivity contribution in [3.63, 3.8) is 0 Å². The van der Waals surface area contributed by atoms with E-state index >= 15 is 0 Å². The smallest absolute Gasteiger partial charge is 0.0714 e. The van der Waals surface area contributed by atoms with E-state index in [1.54, 1.807) is 0 Å². The highest BCUT2D eigenvalue weighted by Crippen LogP contribution is 2.60. The van der Waals surface area contributed by atoms with Gasteiger partial charge >= 0.3 is 0 Å². The van der Waals surface area contributed by atoms with Crippen LogP contribution in [0.5, 0.6) is 0 Å². The molecule has 0 heterocycles. The van der Waals surface area contributed by atoms with Crippen molar-refractivity contribution >= 4 is 38.6 Å². The second-order valence-corrected chi connectivity index (χ2v) is 18.1. The van der Waals surface area contributed by atoms with Crippen molar-refractivity contribution in [2.24, 2.45) is 0 Å². The van der Waals surface area contributed by atoms with Crippen LogP contribution in [0.3, 0.4) is 0 Å². The van der Waals surface area contributed by atoms with E-state index in [4.69, 9.17) is 0 Å². The molecule has 0 amide bonds. The molecular weight excluding hydrogens is 795 g/mol. The third-order valence-corrected chi connectivity index (χ3v) is 14.8. The summed E-state index contributed by atoms with van der Waals surface area (Å²) in [5.74, 6) is 0. The SMILES string of the molecule is CC1(c2ccccc2)c2ccccc2-c2ccc(N(c3ccc(-c4cc5ccccc5c5ccccc45)cc3)c3cccc4c3-c3ccccc3C4(c3ccccc3)c3ccccc3)cc21. The summed E-state index contributed by atoms with van der Waals surface area (Å²) in [5.41, 5.74) is 19.0. The Morgan fingerprint density at radius 2 is 0.848 bits per heavy atom. The first kappa shape index (κ1) is 38.2. The molecule has 1 atom stereocenters.